The van der Waals surface area contributed by atoms with Crippen LogP contribution < -0.4 is 0 Å². The molecule has 1 saturated carbocycles. The molecule has 1 saturated heterocycles. The van der Waals surface area contributed by atoms with Crippen molar-refractivity contribution in [1.29, 1.82) is 0 Å². The van der Waals surface area contributed by atoms with Crippen LogP contribution in [0.5, 0.6) is 0 Å². The normalized spacial score (nSPS) is 32.0. The summed E-state index contributed by atoms with van der Waals surface area (Å²) in [6, 6.07) is 0. The summed E-state index contributed by atoms with van der Waals surface area (Å²) < 4.78 is 35.4. The summed E-state index contributed by atoms with van der Waals surface area (Å²) in [5.74, 6) is -0.717. The van der Waals surface area contributed by atoms with Crippen LogP contribution in [0.15, 0.2) is 11.6 Å². The summed E-state index contributed by atoms with van der Waals surface area (Å²) >= 11 is 0. The summed E-state index contributed by atoms with van der Waals surface area (Å²) in [7, 11) is 49.9. The van der Waals surface area contributed by atoms with Gasteiger partial charge < -0.3 is 27.9 Å². The third-order valence-electron chi connectivity index (χ3n) is 10.5. The van der Waals surface area contributed by atoms with E-state index in [1.165, 1.54) is 5.57 Å². The minimum atomic E-state index is -1.29. The van der Waals surface area contributed by atoms with E-state index >= 15 is 4.79 Å². The van der Waals surface area contributed by atoms with Crippen LogP contribution in [0.25, 0.3) is 0 Å². The number of aliphatic hydroxyl groups is 1. The van der Waals surface area contributed by atoms with E-state index in [-0.39, 0.29) is 59.3 Å². The quantitative estimate of drug-likeness (QED) is 0.0806. The Morgan fingerprint density at radius 1 is 0.800 bits per heavy atom. The Morgan fingerprint density at radius 2 is 1.35 bits per heavy atom. The van der Waals surface area contributed by atoms with Crippen LogP contribution in [0, 0.1) is 22.7 Å². The Bertz CT molecular complexity index is 1400. The molecule has 0 aromatic heterocycles. The summed E-state index contributed by atoms with van der Waals surface area (Å²) in [6.45, 7) is 6.43. The zero-order chi connectivity index (χ0) is 46.0. The van der Waals surface area contributed by atoms with E-state index in [4.69, 9.17) is 22.8 Å². The van der Waals surface area contributed by atoms with Gasteiger partial charge in [0.1, 0.15) is 11.7 Å². The first-order valence-electron chi connectivity index (χ1n) is 17.4. The topological polar surface area (TPSA) is 83.5 Å². The van der Waals surface area contributed by atoms with Gasteiger partial charge in [-0.1, -0.05) is 45.7 Å². The summed E-state index contributed by atoms with van der Waals surface area (Å²) in [6.07, 6.45) is 1.26. The zero-order valence-electron chi connectivity index (χ0n) is 33.8. The lowest BCUT2D eigenvalue weighted by Crippen LogP contribution is -2.77. The van der Waals surface area contributed by atoms with Gasteiger partial charge in [0, 0.05) is 41.8 Å². The lowest BCUT2D eigenvalue weighted by atomic mass is 9.49. The van der Waals surface area contributed by atoms with Crippen molar-refractivity contribution in [3.05, 3.63) is 11.6 Å². The predicted octanol–water partition coefficient (Wildman–Crippen LogP) is 20.0. The zero-order valence-corrected chi connectivity index (χ0v) is 67.0. The Kier molecular flexibility index (Phi) is 34.8. The van der Waals surface area contributed by atoms with Crippen molar-refractivity contribution in [3.8, 4) is 0 Å². The molecule has 7 nitrogen and oxygen atoms in total. The van der Waals surface area contributed by atoms with Crippen LogP contribution in [-0.4, -0.2) is 53.6 Å². The molecule has 0 bridgehead atoms. The standard InChI is InChI=1S/C21H66O7P32/c1-10-8-19(3,4)12(6-13(10)27-50(58(45)54(37)38)60(56(41)42)57(43)44)16(25-46-29)17-20(5,18(22)11(2)26-49(53(35)36)59(47-30)55(39)40)14(7-15-21(17,23)9-24-15)28-48(51(31)32)52(33)34/h8,11-17,23,46-47H,6-7,9,29-45H2,1-5H3/t11-,12?,13+,14+,15-,16-,17+,20-,21+,49?,50?,58?,59?/m1/s1. The van der Waals surface area contributed by atoms with Crippen LogP contribution in [0.2, 0.25) is 0 Å². The van der Waals surface area contributed by atoms with E-state index in [2.05, 4.69) is 186 Å². The highest BCUT2D eigenvalue weighted by atomic mass is 33.2. The van der Waals surface area contributed by atoms with E-state index in [0.717, 1.165) is 6.42 Å². The molecule has 0 aromatic carbocycles. The molecule has 60 heavy (non-hydrogen) atoms. The molecule has 2 aliphatic carbocycles. The Balaban J connectivity index is 2.30. The lowest BCUT2D eigenvalue weighted by Gasteiger charge is -2.64. The molecule has 1 N–H and O–H groups in total. The first-order chi connectivity index (χ1) is 27.6. The van der Waals surface area contributed by atoms with Gasteiger partial charge in [0.05, 0.1) is 59.0 Å². The fraction of sp³-hybridized carbons (Fsp3) is 0.857. The van der Waals surface area contributed by atoms with Crippen LogP contribution in [-0.2, 0) is 27.6 Å². The lowest BCUT2D eigenvalue weighted by molar-refractivity contribution is -0.326. The number of hydrogen-bond donors (Lipinski definition) is 1. The Morgan fingerprint density at radius 3 is 1.77 bits per heavy atom. The second-order valence-electron chi connectivity index (χ2n) is 14.8. The number of ketones is 1. The molecule has 2 fully saturated rings. The second-order valence-corrected chi connectivity index (χ2v) is 123. The maximum Gasteiger partial charge on any atom is 0.170 e. The van der Waals surface area contributed by atoms with Crippen LogP contribution in [0.4, 0.5) is 0 Å². The molecule has 0 aromatic rings. The largest absolute Gasteiger partial charge is 0.384 e. The van der Waals surface area contributed by atoms with Crippen LogP contribution in [0.3, 0.4) is 0 Å². The number of ether oxygens (including phenoxy) is 1. The van der Waals surface area contributed by atoms with Gasteiger partial charge in [-0.25, -0.2) is 0 Å². The van der Waals surface area contributed by atoms with Crippen molar-refractivity contribution in [2.24, 2.45) is 22.7 Å². The van der Waals surface area contributed by atoms with Gasteiger partial charge >= 0.3 is 0 Å². The molecule has 39 heteroatoms. The molecule has 24 unspecified atom stereocenters. The number of carbonyl (C=O) groups excluding carboxylic acids is 1. The SMILES string of the molecule is CC1=CC(C)(C)C([C@@H](OPP)[C@@H]2[C@]3(O)CO[C@@H]3C[C@H](OP(P(P)P)P(P)P)[C@@]2(C)C(=O)[C@@H](C)OP(P(P)P)P(PP)P(P)P)C[C@@H]1OP(P(P)P(P)P)P(P(P)P)P(P)P. The van der Waals surface area contributed by atoms with Gasteiger partial charge in [0.2, 0.25) is 0 Å². The average molecular weight is 1420 g/mol. The number of rotatable bonds is 23. The molecule has 1 aliphatic heterocycles. The molecular formula is C21H66O7P32. The summed E-state index contributed by atoms with van der Waals surface area (Å²) in [5, 5.41) is 13.2. The van der Waals surface area contributed by atoms with Crippen molar-refractivity contribution in [3.63, 3.8) is 0 Å². The van der Waals surface area contributed by atoms with Crippen molar-refractivity contribution in [2.45, 2.75) is 83.6 Å². The molecule has 0 radical (unpaired) electrons. The maximum atomic E-state index is 15.9. The van der Waals surface area contributed by atoms with E-state index in [0.29, 0.717) is 14.4 Å². The molecule has 0 spiro atoms. The van der Waals surface area contributed by atoms with E-state index in [1.54, 1.807) is 0 Å². The van der Waals surface area contributed by atoms with Crippen molar-refractivity contribution in [2.75, 3.05) is 6.61 Å². The van der Waals surface area contributed by atoms with Gasteiger partial charge in [-0.05, 0) is 93.0 Å². The van der Waals surface area contributed by atoms with Crippen molar-refractivity contribution < 1.29 is 32.7 Å². The predicted molar refractivity (Wildman–Crippen MR) is 368 cm³/mol. The minimum Gasteiger partial charge on any atom is -0.384 e. The van der Waals surface area contributed by atoms with Crippen LogP contribution >= 0.6 is 261 Å². The van der Waals surface area contributed by atoms with Gasteiger partial charge in [-0.2, -0.15) is 0 Å². The number of Topliss-reactive ketones (excluding diaryl/α,β-unsaturated/α-hetero) is 1. The molecule has 0 amide bonds. The number of allylic oxidation sites excluding steroid dienone is 1. The van der Waals surface area contributed by atoms with Gasteiger partial charge in [-0.15, -0.1) is 134 Å². The molecule has 3 rings (SSSR count). The van der Waals surface area contributed by atoms with Gasteiger partial charge in [-0.3, -0.25) is 4.79 Å². The Labute approximate surface area is 419 Å². The first-order valence-corrected chi connectivity index (χ1v) is 72.3. The van der Waals surface area contributed by atoms with E-state index in [9.17, 15) is 5.11 Å². The maximum absolute atomic E-state index is 15.9. The molecule has 1 heterocycles. The molecule has 3 aliphatic rings. The fourth-order valence-corrected chi connectivity index (χ4v) is 204. The second kappa shape index (κ2) is 31.1. The minimum absolute atomic E-state index is 0.00693. The van der Waals surface area contributed by atoms with Gasteiger partial charge in [0.15, 0.2) is 5.78 Å². The number of carbonyl (C=O) groups is 1. The highest BCUT2D eigenvalue weighted by molar-refractivity contribution is 9.19. The first kappa shape index (κ1) is 67.2. The Hall–Kier alpha value is 12.9. The summed E-state index contributed by atoms with van der Waals surface area (Å²) in [4.78, 5) is 15.9. The van der Waals surface area contributed by atoms with Crippen LogP contribution in [0.1, 0.15) is 47.5 Å². The number of hydrogen-bond acceptors (Lipinski definition) is 7. The van der Waals surface area contributed by atoms with E-state index in [1.807, 2.05) is 6.92 Å². The third kappa shape index (κ3) is 17.5. The smallest absolute Gasteiger partial charge is 0.170 e. The molecule has 32 atom stereocenters. The van der Waals surface area contributed by atoms with E-state index < -0.39 is 113 Å². The van der Waals surface area contributed by atoms with Crippen molar-refractivity contribution >= 4 is 266 Å². The fourth-order valence-electron chi connectivity index (χ4n) is 7.88. The summed E-state index contributed by atoms with van der Waals surface area (Å²) in [5.41, 5.74) is -1.53. The highest BCUT2D eigenvalue weighted by Crippen LogP contribution is 3.18. The molecular weight excluding hydrogens is 1360 g/mol. The van der Waals surface area contributed by atoms with Gasteiger partial charge in [0.25, 0.3) is 0 Å². The monoisotopic (exact) mass is 1420 g/mol. The average Bonchev–Trinajstić information content (AvgIpc) is 3.12. The highest BCUT2D eigenvalue weighted by Gasteiger charge is 2.71. The van der Waals surface area contributed by atoms with Crippen molar-refractivity contribution in [1.82, 2.24) is 0 Å². The molecule has 352 valence electrons. The number of fused-ring (bicyclic) bond motifs is 1. The third-order valence-corrected chi connectivity index (χ3v) is 152.